The van der Waals surface area contributed by atoms with Gasteiger partial charge >= 0.3 is 5.97 Å². The van der Waals surface area contributed by atoms with Crippen LogP contribution in [0.5, 0.6) is 0 Å². The largest absolute Gasteiger partial charge is 0.481 e. The summed E-state index contributed by atoms with van der Waals surface area (Å²) in [6.07, 6.45) is 5.12. The van der Waals surface area contributed by atoms with Gasteiger partial charge in [0.2, 0.25) is 0 Å². The van der Waals surface area contributed by atoms with E-state index < -0.39 is 5.97 Å². The van der Waals surface area contributed by atoms with E-state index in [1.165, 1.54) is 10.5 Å². The summed E-state index contributed by atoms with van der Waals surface area (Å²) in [5, 5.41) is 9.26. The van der Waals surface area contributed by atoms with Crippen LogP contribution in [-0.4, -0.2) is 34.3 Å². The molecule has 3 atom stereocenters. The molecular formula is C15H19NO2S. The monoisotopic (exact) mass is 277 g/mol. The molecule has 0 aliphatic carbocycles. The summed E-state index contributed by atoms with van der Waals surface area (Å²) in [5.74, 6) is -0.765. The van der Waals surface area contributed by atoms with Crippen LogP contribution in [0, 0.1) is 5.92 Å². The van der Waals surface area contributed by atoms with E-state index in [9.17, 15) is 9.90 Å². The van der Waals surface area contributed by atoms with Crippen molar-refractivity contribution >= 4 is 17.7 Å². The summed E-state index contributed by atoms with van der Waals surface area (Å²) in [5.41, 5.74) is 1.29. The van der Waals surface area contributed by atoms with Gasteiger partial charge in [0.25, 0.3) is 0 Å². The van der Waals surface area contributed by atoms with Crippen LogP contribution in [0.1, 0.15) is 24.8 Å². The Balaban J connectivity index is 1.71. The van der Waals surface area contributed by atoms with Gasteiger partial charge < -0.3 is 5.11 Å². The normalized spacial score (nSPS) is 29.8. The molecule has 1 aromatic carbocycles. The zero-order valence-corrected chi connectivity index (χ0v) is 11.9. The van der Waals surface area contributed by atoms with E-state index in [1.807, 2.05) is 0 Å². The molecule has 1 aromatic rings. The van der Waals surface area contributed by atoms with Gasteiger partial charge in [-0.05, 0) is 43.2 Å². The molecule has 0 radical (unpaired) electrons. The topological polar surface area (TPSA) is 40.5 Å². The molecule has 0 amide bonds. The Bertz CT molecular complexity index is 474. The van der Waals surface area contributed by atoms with Crippen molar-refractivity contribution in [3.63, 3.8) is 0 Å². The predicted octanol–water partition coefficient (Wildman–Crippen LogP) is 2.85. The summed E-state index contributed by atoms with van der Waals surface area (Å²) >= 11 is 1.75. The summed E-state index contributed by atoms with van der Waals surface area (Å²) in [7, 11) is 0. The Kier molecular flexibility index (Phi) is 3.54. The second-order valence-electron chi connectivity index (χ2n) is 5.50. The highest BCUT2D eigenvalue weighted by molar-refractivity contribution is 7.98. The molecule has 0 spiro atoms. The van der Waals surface area contributed by atoms with Gasteiger partial charge in [-0.25, -0.2) is 0 Å². The minimum Gasteiger partial charge on any atom is -0.481 e. The third-order valence-electron chi connectivity index (χ3n) is 4.52. The van der Waals surface area contributed by atoms with Gasteiger partial charge in [-0.3, -0.25) is 9.69 Å². The molecule has 2 fully saturated rings. The fraction of sp³-hybridized carbons (Fsp3) is 0.533. The maximum Gasteiger partial charge on any atom is 0.308 e. The Morgan fingerprint density at radius 3 is 2.68 bits per heavy atom. The Morgan fingerprint density at radius 2 is 2.11 bits per heavy atom. The molecule has 3 nitrogen and oxygen atoms in total. The molecule has 1 N–H and O–H groups in total. The first kappa shape index (κ1) is 13.0. The van der Waals surface area contributed by atoms with Gasteiger partial charge in [0.1, 0.15) is 0 Å². The lowest BCUT2D eigenvalue weighted by Crippen LogP contribution is -2.32. The quantitative estimate of drug-likeness (QED) is 0.859. The molecule has 19 heavy (non-hydrogen) atoms. The van der Waals surface area contributed by atoms with E-state index in [0.717, 1.165) is 25.8 Å². The van der Waals surface area contributed by atoms with E-state index in [-0.39, 0.29) is 12.0 Å². The third kappa shape index (κ3) is 2.39. The van der Waals surface area contributed by atoms with Gasteiger partial charge in [-0.1, -0.05) is 12.1 Å². The first-order valence-corrected chi connectivity index (χ1v) is 8.03. The number of hydrogen-bond donors (Lipinski definition) is 1. The molecular weight excluding hydrogens is 258 g/mol. The highest BCUT2D eigenvalue weighted by Gasteiger charge is 2.48. The highest BCUT2D eigenvalue weighted by Crippen LogP contribution is 2.42. The lowest BCUT2D eigenvalue weighted by atomic mass is 9.89. The molecule has 0 aromatic heterocycles. The maximum atomic E-state index is 11.2. The first-order valence-electron chi connectivity index (χ1n) is 6.80. The van der Waals surface area contributed by atoms with Crippen molar-refractivity contribution in [1.82, 2.24) is 4.90 Å². The van der Waals surface area contributed by atoms with Crippen LogP contribution in [0.15, 0.2) is 29.2 Å². The second kappa shape index (κ2) is 5.17. The number of carbonyl (C=O) groups is 1. The van der Waals surface area contributed by atoms with Crippen LogP contribution < -0.4 is 0 Å². The summed E-state index contributed by atoms with van der Waals surface area (Å²) in [4.78, 5) is 14.9. The van der Waals surface area contributed by atoms with Crippen molar-refractivity contribution in [3.05, 3.63) is 29.8 Å². The first-order chi connectivity index (χ1) is 9.19. The fourth-order valence-electron chi connectivity index (χ4n) is 3.55. The van der Waals surface area contributed by atoms with E-state index in [1.54, 1.807) is 11.8 Å². The van der Waals surface area contributed by atoms with Crippen LogP contribution >= 0.6 is 11.8 Å². The molecule has 2 aliphatic rings. The van der Waals surface area contributed by atoms with Gasteiger partial charge in [0, 0.05) is 23.5 Å². The van der Waals surface area contributed by atoms with Crippen molar-refractivity contribution in [2.45, 2.75) is 42.8 Å². The average molecular weight is 277 g/mol. The molecule has 0 saturated carbocycles. The number of fused-ring (bicyclic) bond motifs is 2. The SMILES string of the molecule is CSc1ccc(CN2C3CCC2C(C(=O)O)C3)cc1. The van der Waals surface area contributed by atoms with Crippen molar-refractivity contribution < 1.29 is 9.90 Å². The van der Waals surface area contributed by atoms with Crippen molar-refractivity contribution in [2.24, 2.45) is 5.92 Å². The van der Waals surface area contributed by atoms with Gasteiger partial charge in [0.15, 0.2) is 0 Å². The summed E-state index contributed by atoms with van der Waals surface area (Å²) in [6.45, 7) is 0.897. The number of nitrogens with zero attached hydrogens (tertiary/aromatic N) is 1. The van der Waals surface area contributed by atoms with Gasteiger partial charge in [0.05, 0.1) is 5.92 Å². The number of thioether (sulfide) groups is 1. The Hall–Kier alpha value is -1.00. The number of benzene rings is 1. The number of aliphatic carboxylic acids is 1. The molecule has 2 heterocycles. The van der Waals surface area contributed by atoms with Crippen LogP contribution in [0.25, 0.3) is 0 Å². The number of carboxylic acid groups (broad SMARTS) is 1. The van der Waals surface area contributed by atoms with Gasteiger partial charge in [-0.15, -0.1) is 11.8 Å². The Morgan fingerprint density at radius 1 is 1.37 bits per heavy atom. The molecule has 3 unspecified atom stereocenters. The maximum absolute atomic E-state index is 11.2. The summed E-state index contributed by atoms with van der Waals surface area (Å²) in [6, 6.07) is 9.35. The molecule has 2 bridgehead atoms. The fourth-order valence-corrected chi connectivity index (χ4v) is 3.96. The number of rotatable bonds is 4. The smallest absolute Gasteiger partial charge is 0.308 e. The lowest BCUT2D eigenvalue weighted by molar-refractivity contribution is -0.142. The van der Waals surface area contributed by atoms with Gasteiger partial charge in [-0.2, -0.15) is 0 Å². The van der Waals surface area contributed by atoms with E-state index >= 15 is 0 Å². The minimum atomic E-state index is -0.616. The van der Waals surface area contributed by atoms with Crippen molar-refractivity contribution in [1.29, 1.82) is 0 Å². The predicted molar refractivity (Wildman–Crippen MR) is 76.3 cm³/mol. The number of carboxylic acids is 1. The van der Waals surface area contributed by atoms with Crippen LogP contribution in [-0.2, 0) is 11.3 Å². The highest BCUT2D eigenvalue weighted by atomic mass is 32.2. The molecule has 2 saturated heterocycles. The Labute approximate surface area is 118 Å². The standard InChI is InChI=1S/C15H19NO2S/c1-19-12-5-2-10(3-6-12)9-16-11-4-7-14(16)13(8-11)15(17)18/h2-3,5-6,11,13-14H,4,7-9H2,1H3,(H,17,18). The molecule has 2 aliphatic heterocycles. The van der Waals surface area contributed by atoms with E-state index in [2.05, 4.69) is 35.4 Å². The zero-order chi connectivity index (χ0) is 13.4. The number of hydrogen-bond acceptors (Lipinski definition) is 3. The van der Waals surface area contributed by atoms with E-state index in [4.69, 9.17) is 0 Å². The summed E-state index contributed by atoms with van der Waals surface area (Å²) < 4.78 is 0. The minimum absolute atomic E-state index is 0.149. The third-order valence-corrected chi connectivity index (χ3v) is 5.27. The molecule has 3 rings (SSSR count). The van der Waals surface area contributed by atoms with Crippen molar-refractivity contribution in [3.8, 4) is 0 Å². The van der Waals surface area contributed by atoms with Crippen LogP contribution in [0.3, 0.4) is 0 Å². The van der Waals surface area contributed by atoms with E-state index in [0.29, 0.717) is 6.04 Å². The molecule has 102 valence electrons. The lowest BCUT2D eigenvalue weighted by Gasteiger charge is -2.22. The average Bonchev–Trinajstić information content (AvgIpc) is 2.97. The second-order valence-corrected chi connectivity index (χ2v) is 6.38. The zero-order valence-electron chi connectivity index (χ0n) is 11.1. The molecule has 4 heteroatoms. The van der Waals surface area contributed by atoms with Crippen LogP contribution in [0.4, 0.5) is 0 Å². The van der Waals surface area contributed by atoms with Crippen molar-refractivity contribution in [2.75, 3.05) is 6.26 Å². The van der Waals surface area contributed by atoms with Crippen LogP contribution in [0.2, 0.25) is 0 Å².